The molecule has 2 heteroatoms. The maximum absolute atomic E-state index is 3.56. The first-order valence-corrected chi connectivity index (χ1v) is 5.82. The summed E-state index contributed by atoms with van der Waals surface area (Å²) in [6.07, 6.45) is 2.60. The number of para-hydroxylation sites is 1. The lowest BCUT2D eigenvalue weighted by Gasteiger charge is -2.37. The molecule has 1 aromatic rings. The van der Waals surface area contributed by atoms with Crippen molar-refractivity contribution >= 4 is 5.69 Å². The molecule has 1 N–H and O–H groups in total. The van der Waals surface area contributed by atoms with Crippen LogP contribution in [-0.4, -0.2) is 31.6 Å². The molecule has 3 rings (SSSR count). The molecular weight excluding hydrogens is 184 g/mol. The van der Waals surface area contributed by atoms with Gasteiger partial charge >= 0.3 is 0 Å². The Hall–Kier alpha value is -1.02. The van der Waals surface area contributed by atoms with Crippen molar-refractivity contribution in [3.63, 3.8) is 0 Å². The molecule has 0 aromatic heterocycles. The van der Waals surface area contributed by atoms with E-state index in [1.807, 2.05) is 0 Å². The first-order valence-electron chi connectivity index (χ1n) is 5.82. The highest BCUT2D eigenvalue weighted by atomic mass is 15.1. The number of benzene rings is 1. The van der Waals surface area contributed by atoms with E-state index in [0.717, 1.165) is 6.54 Å². The van der Waals surface area contributed by atoms with Gasteiger partial charge in [-0.1, -0.05) is 18.2 Å². The summed E-state index contributed by atoms with van der Waals surface area (Å²) in [4.78, 5) is 2.44. The van der Waals surface area contributed by atoms with Crippen LogP contribution in [0.3, 0.4) is 0 Å². The molecular formula is C13H18N2. The van der Waals surface area contributed by atoms with E-state index in [-0.39, 0.29) is 0 Å². The lowest BCUT2D eigenvalue weighted by atomic mass is 9.74. The number of hydrogen-bond donors (Lipinski definition) is 1. The third-order valence-corrected chi connectivity index (χ3v) is 4.06. The molecule has 2 aliphatic heterocycles. The van der Waals surface area contributed by atoms with Gasteiger partial charge in [-0.05, 0) is 44.6 Å². The summed E-state index contributed by atoms with van der Waals surface area (Å²) in [6.45, 7) is 3.60. The third kappa shape index (κ3) is 1.36. The van der Waals surface area contributed by atoms with Crippen molar-refractivity contribution in [2.24, 2.45) is 0 Å². The molecule has 0 saturated carbocycles. The van der Waals surface area contributed by atoms with Crippen molar-refractivity contribution < 1.29 is 0 Å². The summed E-state index contributed by atoms with van der Waals surface area (Å²) in [6, 6.07) is 8.81. The van der Waals surface area contributed by atoms with Crippen LogP contribution < -0.4 is 5.32 Å². The highest BCUT2D eigenvalue weighted by molar-refractivity contribution is 5.60. The summed E-state index contributed by atoms with van der Waals surface area (Å²) in [7, 11) is 2.22. The summed E-state index contributed by atoms with van der Waals surface area (Å²) in [5.41, 5.74) is 3.35. The lowest BCUT2D eigenvalue weighted by Crippen LogP contribution is -2.42. The van der Waals surface area contributed by atoms with Gasteiger partial charge in [-0.2, -0.15) is 0 Å². The monoisotopic (exact) mass is 202 g/mol. The fourth-order valence-electron chi connectivity index (χ4n) is 2.95. The summed E-state index contributed by atoms with van der Waals surface area (Å²) in [5.74, 6) is 0. The third-order valence-electron chi connectivity index (χ3n) is 4.06. The maximum Gasteiger partial charge on any atom is 0.0379 e. The van der Waals surface area contributed by atoms with Crippen LogP contribution >= 0.6 is 0 Å². The van der Waals surface area contributed by atoms with Crippen LogP contribution in [0.2, 0.25) is 0 Å². The molecule has 1 fully saturated rings. The smallest absolute Gasteiger partial charge is 0.0379 e. The number of likely N-dealkylation sites (tertiary alicyclic amines) is 1. The molecule has 2 aliphatic rings. The Morgan fingerprint density at radius 2 is 1.93 bits per heavy atom. The molecule has 0 bridgehead atoms. The Morgan fingerprint density at radius 3 is 2.73 bits per heavy atom. The fraction of sp³-hybridized carbons (Fsp3) is 0.538. The van der Waals surface area contributed by atoms with E-state index in [1.165, 1.54) is 31.6 Å². The minimum Gasteiger partial charge on any atom is -0.384 e. The Morgan fingerprint density at radius 1 is 1.20 bits per heavy atom. The zero-order chi connectivity index (χ0) is 10.3. The van der Waals surface area contributed by atoms with E-state index in [9.17, 15) is 0 Å². The quantitative estimate of drug-likeness (QED) is 0.693. The van der Waals surface area contributed by atoms with E-state index in [1.54, 1.807) is 5.56 Å². The number of anilines is 1. The Labute approximate surface area is 91.3 Å². The SMILES string of the molecule is CN1CCC2(CC1)CNc1ccccc12. The highest BCUT2D eigenvalue weighted by Crippen LogP contribution is 2.43. The van der Waals surface area contributed by atoms with Gasteiger partial charge in [0.15, 0.2) is 0 Å². The van der Waals surface area contributed by atoms with E-state index >= 15 is 0 Å². The van der Waals surface area contributed by atoms with Gasteiger partial charge in [0.05, 0.1) is 0 Å². The second kappa shape index (κ2) is 3.24. The number of nitrogens with zero attached hydrogens (tertiary/aromatic N) is 1. The summed E-state index contributed by atoms with van der Waals surface area (Å²) >= 11 is 0. The molecule has 2 heterocycles. The number of hydrogen-bond acceptors (Lipinski definition) is 2. The molecule has 1 spiro atoms. The van der Waals surface area contributed by atoms with Crippen molar-refractivity contribution in [3.05, 3.63) is 29.8 Å². The van der Waals surface area contributed by atoms with Crippen LogP contribution in [0, 0.1) is 0 Å². The van der Waals surface area contributed by atoms with Crippen LogP contribution in [-0.2, 0) is 5.41 Å². The minimum absolute atomic E-state index is 0.434. The summed E-state index contributed by atoms with van der Waals surface area (Å²) < 4.78 is 0. The molecule has 0 amide bonds. The van der Waals surface area contributed by atoms with Gasteiger partial charge in [-0.25, -0.2) is 0 Å². The Bertz CT molecular complexity index is 365. The van der Waals surface area contributed by atoms with Gasteiger partial charge in [0, 0.05) is 17.6 Å². The van der Waals surface area contributed by atoms with Gasteiger partial charge in [-0.3, -0.25) is 0 Å². The van der Waals surface area contributed by atoms with E-state index < -0.39 is 0 Å². The molecule has 2 nitrogen and oxygen atoms in total. The average molecular weight is 202 g/mol. The zero-order valence-electron chi connectivity index (χ0n) is 9.29. The van der Waals surface area contributed by atoms with Gasteiger partial charge in [0.25, 0.3) is 0 Å². The predicted octanol–water partition coefficient (Wildman–Crippen LogP) is 2.08. The molecule has 1 saturated heterocycles. The van der Waals surface area contributed by atoms with Crippen LogP contribution in [0.15, 0.2) is 24.3 Å². The van der Waals surface area contributed by atoms with Crippen LogP contribution in [0.25, 0.3) is 0 Å². The predicted molar refractivity (Wildman–Crippen MR) is 63.3 cm³/mol. The minimum atomic E-state index is 0.434. The lowest BCUT2D eigenvalue weighted by molar-refractivity contribution is 0.200. The fourth-order valence-corrected chi connectivity index (χ4v) is 2.95. The van der Waals surface area contributed by atoms with E-state index in [4.69, 9.17) is 0 Å². The zero-order valence-corrected chi connectivity index (χ0v) is 9.29. The van der Waals surface area contributed by atoms with Crippen molar-refractivity contribution in [1.29, 1.82) is 0 Å². The maximum atomic E-state index is 3.56. The standard InChI is InChI=1S/C13H18N2/c1-15-8-6-13(7-9-15)10-14-12-5-3-2-4-11(12)13/h2-5,14H,6-10H2,1H3. The van der Waals surface area contributed by atoms with Crippen LogP contribution in [0.4, 0.5) is 5.69 Å². The molecule has 0 aliphatic carbocycles. The molecule has 0 unspecified atom stereocenters. The second-order valence-corrected chi connectivity index (χ2v) is 4.98. The van der Waals surface area contributed by atoms with Gasteiger partial charge in [0.2, 0.25) is 0 Å². The summed E-state index contributed by atoms with van der Waals surface area (Å²) in [5, 5.41) is 3.56. The average Bonchev–Trinajstić information content (AvgIpc) is 2.63. The largest absolute Gasteiger partial charge is 0.384 e. The number of piperidine rings is 1. The van der Waals surface area contributed by atoms with Gasteiger partial charge in [-0.15, -0.1) is 0 Å². The van der Waals surface area contributed by atoms with Crippen molar-refractivity contribution in [2.75, 3.05) is 32.0 Å². The number of rotatable bonds is 0. The normalized spacial score (nSPS) is 23.8. The van der Waals surface area contributed by atoms with Gasteiger partial charge in [0.1, 0.15) is 0 Å². The van der Waals surface area contributed by atoms with E-state index in [0.29, 0.717) is 5.41 Å². The van der Waals surface area contributed by atoms with E-state index in [2.05, 4.69) is 41.5 Å². The number of nitrogens with one attached hydrogen (secondary N) is 1. The molecule has 0 radical (unpaired) electrons. The Balaban J connectivity index is 1.95. The van der Waals surface area contributed by atoms with Crippen LogP contribution in [0.5, 0.6) is 0 Å². The molecule has 80 valence electrons. The van der Waals surface area contributed by atoms with Crippen molar-refractivity contribution in [2.45, 2.75) is 18.3 Å². The second-order valence-electron chi connectivity index (χ2n) is 4.98. The Kier molecular flexibility index (Phi) is 1.99. The van der Waals surface area contributed by atoms with Gasteiger partial charge < -0.3 is 10.2 Å². The molecule has 1 aromatic carbocycles. The molecule has 15 heavy (non-hydrogen) atoms. The van der Waals surface area contributed by atoms with Crippen molar-refractivity contribution in [1.82, 2.24) is 4.90 Å². The first-order chi connectivity index (χ1) is 7.30. The first kappa shape index (κ1) is 9.22. The van der Waals surface area contributed by atoms with Crippen molar-refractivity contribution in [3.8, 4) is 0 Å². The highest BCUT2D eigenvalue weighted by Gasteiger charge is 2.40. The topological polar surface area (TPSA) is 15.3 Å². The number of fused-ring (bicyclic) bond motifs is 2. The molecule has 0 atom stereocenters. The van der Waals surface area contributed by atoms with Crippen LogP contribution in [0.1, 0.15) is 18.4 Å².